The minimum atomic E-state index is -0.0642. The molecule has 0 N–H and O–H groups in total. The Labute approximate surface area is 118 Å². The summed E-state index contributed by atoms with van der Waals surface area (Å²) < 4.78 is 5.33. The van der Waals surface area contributed by atoms with Crippen molar-refractivity contribution >= 4 is 5.78 Å². The van der Waals surface area contributed by atoms with E-state index in [2.05, 4.69) is 4.98 Å². The number of methoxy groups -OCH3 is 1. The zero-order valence-electron chi connectivity index (χ0n) is 11.7. The highest BCUT2D eigenvalue weighted by Gasteiger charge is 2.28. The lowest BCUT2D eigenvalue weighted by Crippen LogP contribution is -2.06. The number of pyridine rings is 1. The number of carbonyl (C=O) groups excluding carboxylic acids is 1. The van der Waals surface area contributed by atoms with Crippen LogP contribution >= 0.6 is 0 Å². The summed E-state index contributed by atoms with van der Waals surface area (Å²) in [5.74, 6) is 1.08. The molecule has 20 heavy (non-hydrogen) atoms. The molecule has 0 radical (unpaired) electrons. The molecule has 3 heteroatoms. The molecule has 3 nitrogen and oxygen atoms in total. The zero-order chi connectivity index (χ0) is 14.1. The smallest absolute Gasteiger partial charge is 0.217 e. The van der Waals surface area contributed by atoms with Crippen LogP contribution in [-0.4, -0.2) is 17.9 Å². The Bertz CT molecular complexity index is 643. The van der Waals surface area contributed by atoms with E-state index in [4.69, 9.17) is 4.74 Å². The summed E-state index contributed by atoms with van der Waals surface area (Å²) in [7, 11) is 1.61. The number of hydrogen-bond donors (Lipinski definition) is 0. The molecule has 1 aliphatic rings. The van der Waals surface area contributed by atoms with E-state index in [-0.39, 0.29) is 5.78 Å². The van der Waals surface area contributed by atoms with Gasteiger partial charge in [0.25, 0.3) is 0 Å². The third-order valence-electron chi connectivity index (χ3n) is 3.65. The Hall–Kier alpha value is -2.16. The number of ether oxygens (including phenoxy) is 1. The predicted molar refractivity (Wildman–Crippen MR) is 77.4 cm³/mol. The molecule has 0 aliphatic heterocycles. The van der Waals surface area contributed by atoms with Gasteiger partial charge in [-0.1, -0.05) is 35.9 Å². The molecule has 1 saturated carbocycles. The number of aryl methyl sites for hydroxylation is 1. The van der Waals surface area contributed by atoms with Crippen molar-refractivity contribution in [3.05, 3.63) is 58.8 Å². The second-order valence-corrected chi connectivity index (χ2v) is 5.26. The van der Waals surface area contributed by atoms with Gasteiger partial charge in [-0.05, 0) is 31.7 Å². The van der Waals surface area contributed by atoms with Crippen molar-refractivity contribution in [2.24, 2.45) is 0 Å². The van der Waals surface area contributed by atoms with Gasteiger partial charge in [-0.15, -0.1) is 0 Å². The molecule has 0 saturated heterocycles. The number of benzene rings is 1. The first-order valence-electron chi connectivity index (χ1n) is 6.85. The van der Waals surface area contributed by atoms with Gasteiger partial charge in [0.15, 0.2) is 0 Å². The first-order chi connectivity index (χ1) is 9.69. The van der Waals surface area contributed by atoms with Crippen LogP contribution in [0, 0.1) is 6.92 Å². The van der Waals surface area contributed by atoms with Crippen molar-refractivity contribution in [3.8, 4) is 5.88 Å². The van der Waals surface area contributed by atoms with Gasteiger partial charge in [0.1, 0.15) is 5.69 Å². The predicted octanol–water partition coefficient (Wildman–Crippen LogP) is 3.51. The van der Waals surface area contributed by atoms with E-state index in [1.54, 1.807) is 13.2 Å². The molecular weight excluding hydrogens is 250 g/mol. The summed E-state index contributed by atoms with van der Waals surface area (Å²) >= 11 is 0. The first-order valence-corrected chi connectivity index (χ1v) is 6.85. The fourth-order valence-corrected chi connectivity index (χ4v) is 2.30. The number of rotatable bonds is 4. The summed E-state index contributed by atoms with van der Waals surface area (Å²) in [6.07, 6.45) is 2.37. The first kappa shape index (κ1) is 12.9. The molecular formula is C17H17NO2. The highest BCUT2D eigenvalue weighted by molar-refractivity contribution is 6.07. The average molecular weight is 267 g/mol. The van der Waals surface area contributed by atoms with E-state index >= 15 is 0 Å². The topological polar surface area (TPSA) is 39.2 Å². The van der Waals surface area contributed by atoms with E-state index in [1.165, 1.54) is 12.8 Å². The summed E-state index contributed by atoms with van der Waals surface area (Å²) in [5, 5.41) is 0. The summed E-state index contributed by atoms with van der Waals surface area (Å²) in [6.45, 7) is 2.00. The Balaban J connectivity index is 1.93. The molecule has 0 bridgehead atoms. The number of carbonyl (C=O) groups is 1. The number of nitrogens with zero attached hydrogens (tertiary/aromatic N) is 1. The third-order valence-corrected chi connectivity index (χ3v) is 3.65. The molecule has 0 unspecified atom stereocenters. The highest BCUT2D eigenvalue weighted by Crippen LogP contribution is 2.43. The maximum atomic E-state index is 12.4. The van der Waals surface area contributed by atoms with Crippen molar-refractivity contribution < 1.29 is 9.53 Å². The second-order valence-electron chi connectivity index (χ2n) is 5.26. The van der Waals surface area contributed by atoms with Crippen LogP contribution in [0.5, 0.6) is 5.88 Å². The van der Waals surface area contributed by atoms with Crippen LogP contribution in [0.1, 0.15) is 45.9 Å². The van der Waals surface area contributed by atoms with Crippen LogP contribution in [0.3, 0.4) is 0 Å². The summed E-state index contributed by atoms with van der Waals surface area (Å²) in [5.41, 5.74) is 3.35. The molecule has 0 atom stereocenters. The third kappa shape index (κ3) is 2.44. The molecule has 1 heterocycles. The fourth-order valence-electron chi connectivity index (χ4n) is 2.30. The molecule has 0 amide bonds. The van der Waals surface area contributed by atoms with E-state index < -0.39 is 0 Å². The second kappa shape index (κ2) is 5.08. The van der Waals surface area contributed by atoms with Gasteiger partial charge >= 0.3 is 0 Å². The van der Waals surface area contributed by atoms with Gasteiger partial charge in [-0.25, -0.2) is 4.98 Å². The minimum absolute atomic E-state index is 0.0642. The Morgan fingerprint density at radius 1 is 1.15 bits per heavy atom. The lowest BCUT2D eigenvalue weighted by molar-refractivity contribution is 0.103. The normalized spacial score (nSPS) is 14.1. The van der Waals surface area contributed by atoms with Crippen molar-refractivity contribution in [2.75, 3.05) is 7.11 Å². The highest BCUT2D eigenvalue weighted by atomic mass is 16.5. The van der Waals surface area contributed by atoms with E-state index in [9.17, 15) is 4.79 Å². The number of hydrogen-bond acceptors (Lipinski definition) is 3. The molecule has 1 aliphatic carbocycles. The standard InChI is InChI=1S/C17H17NO2/c1-11-3-5-13(6-4-11)16(19)15-10-9-14(12-7-8-12)17(18-15)20-2/h3-6,9-10,12H,7-8H2,1-2H3. The Kier molecular flexibility index (Phi) is 3.26. The molecule has 102 valence electrons. The largest absolute Gasteiger partial charge is 0.481 e. The van der Waals surface area contributed by atoms with Crippen LogP contribution in [0.4, 0.5) is 0 Å². The number of ketones is 1. The van der Waals surface area contributed by atoms with Crippen LogP contribution in [0.25, 0.3) is 0 Å². The molecule has 1 fully saturated rings. The van der Waals surface area contributed by atoms with Crippen LogP contribution in [0.2, 0.25) is 0 Å². The Morgan fingerprint density at radius 2 is 1.85 bits per heavy atom. The minimum Gasteiger partial charge on any atom is -0.481 e. The van der Waals surface area contributed by atoms with Crippen molar-refractivity contribution in [1.82, 2.24) is 4.98 Å². The fraction of sp³-hybridized carbons (Fsp3) is 0.294. The van der Waals surface area contributed by atoms with Gasteiger partial charge in [-0.3, -0.25) is 4.79 Å². The maximum absolute atomic E-state index is 12.4. The van der Waals surface area contributed by atoms with Crippen molar-refractivity contribution in [3.63, 3.8) is 0 Å². The van der Waals surface area contributed by atoms with Crippen LogP contribution < -0.4 is 4.74 Å². The van der Waals surface area contributed by atoms with Gasteiger partial charge in [0, 0.05) is 11.1 Å². The molecule has 0 spiro atoms. The van der Waals surface area contributed by atoms with E-state index in [0.717, 1.165) is 11.1 Å². The molecule has 3 rings (SSSR count). The van der Waals surface area contributed by atoms with E-state index in [0.29, 0.717) is 23.1 Å². The lowest BCUT2D eigenvalue weighted by atomic mass is 10.0. The lowest BCUT2D eigenvalue weighted by Gasteiger charge is -2.08. The van der Waals surface area contributed by atoms with Crippen molar-refractivity contribution in [1.29, 1.82) is 0 Å². The van der Waals surface area contributed by atoms with Gasteiger partial charge in [0.2, 0.25) is 11.7 Å². The van der Waals surface area contributed by atoms with Crippen LogP contribution in [-0.2, 0) is 0 Å². The zero-order valence-corrected chi connectivity index (χ0v) is 11.7. The molecule has 2 aromatic rings. The van der Waals surface area contributed by atoms with Crippen LogP contribution in [0.15, 0.2) is 36.4 Å². The quantitative estimate of drug-likeness (QED) is 0.796. The SMILES string of the molecule is COc1nc(C(=O)c2ccc(C)cc2)ccc1C1CC1. The average Bonchev–Trinajstić information content (AvgIpc) is 3.31. The molecule has 1 aromatic heterocycles. The maximum Gasteiger partial charge on any atom is 0.217 e. The number of aromatic nitrogens is 1. The molecule has 1 aromatic carbocycles. The van der Waals surface area contributed by atoms with E-state index in [1.807, 2.05) is 37.3 Å². The van der Waals surface area contributed by atoms with Crippen molar-refractivity contribution in [2.45, 2.75) is 25.7 Å². The summed E-state index contributed by atoms with van der Waals surface area (Å²) in [6, 6.07) is 11.3. The Morgan fingerprint density at radius 3 is 2.45 bits per heavy atom. The van der Waals surface area contributed by atoms with Gasteiger partial charge < -0.3 is 4.74 Å². The monoisotopic (exact) mass is 267 g/mol. The summed E-state index contributed by atoms with van der Waals surface area (Å²) in [4.78, 5) is 16.8. The van der Waals surface area contributed by atoms with Gasteiger partial charge in [0.05, 0.1) is 7.11 Å². The van der Waals surface area contributed by atoms with Gasteiger partial charge in [-0.2, -0.15) is 0 Å².